The van der Waals surface area contributed by atoms with Crippen molar-refractivity contribution in [2.45, 2.75) is 78.4 Å². The fourth-order valence-corrected chi connectivity index (χ4v) is 4.26. The van der Waals surface area contributed by atoms with Gasteiger partial charge in [0.1, 0.15) is 11.8 Å². The first kappa shape index (κ1) is 23.8. The zero-order chi connectivity index (χ0) is 23.1. The number of carbonyl (C=O) groups is 2. The van der Waals surface area contributed by atoms with E-state index in [1.807, 2.05) is 70.2 Å². The summed E-state index contributed by atoms with van der Waals surface area (Å²) in [5.41, 5.74) is 4.23. The molecule has 3 rings (SSSR count). The van der Waals surface area contributed by atoms with Crippen LogP contribution in [0.3, 0.4) is 0 Å². The molecule has 0 heterocycles. The van der Waals surface area contributed by atoms with Gasteiger partial charge in [-0.25, -0.2) is 0 Å². The molecule has 1 saturated carbocycles. The predicted octanol–water partition coefficient (Wildman–Crippen LogP) is 4.86. The maximum atomic E-state index is 13.3. The van der Waals surface area contributed by atoms with Crippen LogP contribution in [0.4, 0.5) is 0 Å². The third-order valence-electron chi connectivity index (χ3n) is 6.26. The summed E-state index contributed by atoms with van der Waals surface area (Å²) in [6, 6.07) is 13.7. The summed E-state index contributed by atoms with van der Waals surface area (Å²) in [5.74, 6) is 0.462. The van der Waals surface area contributed by atoms with Gasteiger partial charge < -0.3 is 15.0 Å². The molecular weight excluding hydrogens is 400 g/mol. The van der Waals surface area contributed by atoms with Crippen LogP contribution >= 0.6 is 0 Å². The van der Waals surface area contributed by atoms with Gasteiger partial charge in [0.15, 0.2) is 6.61 Å². The normalized spacial score (nSPS) is 14.8. The van der Waals surface area contributed by atoms with Crippen molar-refractivity contribution in [3.05, 3.63) is 64.7 Å². The molecule has 32 heavy (non-hydrogen) atoms. The lowest BCUT2D eigenvalue weighted by molar-refractivity contribution is -0.143. The molecule has 0 aliphatic heterocycles. The van der Waals surface area contributed by atoms with E-state index in [1.54, 1.807) is 4.90 Å². The molecule has 0 unspecified atom stereocenters. The average Bonchev–Trinajstić information content (AvgIpc) is 3.28. The Bertz CT molecular complexity index is 917. The SMILES string of the molecule is CC[C@@H](C(=O)NC1CCCC1)N(Cc1ccc(C)cc1)C(=O)COc1cc(C)ccc1C. The number of aryl methyl sites for hydroxylation is 3. The zero-order valence-electron chi connectivity index (χ0n) is 19.8. The van der Waals surface area contributed by atoms with Crippen molar-refractivity contribution in [1.82, 2.24) is 10.2 Å². The average molecular weight is 437 g/mol. The maximum absolute atomic E-state index is 13.3. The van der Waals surface area contributed by atoms with Gasteiger partial charge in [-0.2, -0.15) is 0 Å². The Kier molecular flexibility index (Phi) is 8.32. The molecule has 0 radical (unpaired) electrons. The fourth-order valence-electron chi connectivity index (χ4n) is 4.26. The van der Waals surface area contributed by atoms with Crippen LogP contribution < -0.4 is 10.1 Å². The number of carbonyl (C=O) groups excluding carboxylic acids is 2. The molecule has 2 amide bonds. The first-order valence-electron chi connectivity index (χ1n) is 11.7. The van der Waals surface area contributed by atoms with Gasteiger partial charge in [0.05, 0.1) is 0 Å². The summed E-state index contributed by atoms with van der Waals surface area (Å²) in [7, 11) is 0. The van der Waals surface area contributed by atoms with Crippen molar-refractivity contribution in [3.63, 3.8) is 0 Å². The van der Waals surface area contributed by atoms with E-state index in [0.717, 1.165) is 47.9 Å². The van der Waals surface area contributed by atoms with Gasteiger partial charge in [0.2, 0.25) is 5.91 Å². The van der Waals surface area contributed by atoms with E-state index >= 15 is 0 Å². The summed E-state index contributed by atoms with van der Waals surface area (Å²) in [5, 5.41) is 3.18. The van der Waals surface area contributed by atoms with Gasteiger partial charge in [-0.3, -0.25) is 9.59 Å². The van der Waals surface area contributed by atoms with E-state index in [1.165, 1.54) is 0 Å². The Balaban J connectivity index is 1.77. The molecular formula is C27H36N2O3. The first-order chi connectivity index (χ1) is 15.4. The number of hydrogen-bond donors (Lipinski definition) is 1. The largest absolute Gasteiger partial charge is 0.483 e. The highest BCUT2D eigenvalue weighted by Gasteiger charge is 2.30. The lowest BCUT2D eigenvalue weighted by Crippen LogP contribution is -2.52. The van der Waals surface area contributed by atoms with E-state index in [2.05, 4.69) is 5.32 Å². The molecule has 0 spiro atoms. The van der Waals surface area contributed by atoms with Crippen LogP contribution in [-0.2, 0) is 16.1 Å². The highest BCUT2D eigenvalue weighted by atomic mass is 16.5. The second-order valence-corrected chi connectivity index (χ2v) is 8.98. The second-order valence-electron chi connectivity index (χ2n) is 8.98. The van der Waals surface area contributed by atoms with E-state index in [-0.39, 0.29) is 24.5 Å². The lowest BCUT2D eigenvalue weighted by Gasteiger charge is -2.31. The lowest BCUT2D eigenvalue weighted by atomic mass is 10.1. The first-order valence-corrected chi connectivity index (χ1v) is 11.7. The summed E-state index contributed by atoms with van der Waals surface area (Å²) in [4.78, 5) is 28.2. The maximum Gasteiger partial charge on any atom is 0.261 e. The Morgan fingerprint density at radius 1 is 1.03 bits per heavy atom. The van der Waals surface area contributed by atoms with Gasteiger partial charge in [-0.1, -0.05) is 61.7 Å². The quantitative estimate of drug-likeness (QED) is 0.611. The molecule has 0 aromatic heterocycles. The van der Waals surface area contributed by atoms with Crippen molar-refractivity contribution < 1.29 is 14.3 Å². The van der Waals surface area contributed by atoms with Crippen molar-refractivity contribution >= 4 is 11.8 Å². The van der Waals surface area contributed by atoms with Gasteiger partial charge >= 0.3 is 0 Å². The molecule has 1 aliphatic rings. The summed E-state index contributed by atoms with van der Waals surface area (Å²) >= 11 is 0. The molecule has 1 fully saturated rings. The summed E-state index contributed by atoms with van der Waals surface area (Å²) in [6.07, 6.45) is 4.89. The summed E-state index contributed by atoms with van der Waals surface area (Å²) < 4.78 is 5.90. The number of benzene rings is 2. The zero-order valence-corrected chi connectivity index (χ0v) is 19.8. The van der Waals surface area contributed by atoms with E-state index < -0.39 is 6.04 Å². The second kappa shape index (κ2) is 11.2. The van der Waals surface area contributed by atoms with Crippen LogP contribution in [0.25, 0.3) is 0 Å². The third kappa shape index (κ3) is 6.35. The van der Waals surface area contributed by atoms with Crippen molar-refractivity contribution in [2.24, 2.45) is 0 Å². The van der Waals surface area contributed by atoms with Crippen LogP contribution in [-0.4, -0.2) is 35.4 Å². The molecule has 2 aromatic carbocycles. The van der Waals surface area contributed by atoms with Gasteiger partial charge in [0.25, 0.3) is 5.91 Å². The monoisotopic (exact) mass is 436 g/mol. The standard InChI is InChI=1S/C27H36N2O3/c1-5-24(27(31)28-23-8-6-7-9-23)29(17-22-14-11-19(2)12-15-22)26(30)18-32-25-16-20(3)10-13-21(25)4/h10-16,23-24H,5-9,17-18H2,1-4H3,(H,28,31)/t24-/m0/s1. The highest BCUT2D eigenvalue weighted by Crippen LogP contribution is 2.21. The van der Waals surface area contributed by atoms with Crippen molar-refractivity contribution in [1.29, 1.82) is 0 Å². The molecule has 1 atom stereocenters. The molecule has 0 bridgehead atoms. The number of nitrogens with zero attached hydrogens (tertiary/aromatic N) is 1. The minimum atomic E-state index is -0.522. The van der Waals surface area contributed by atoms with E-state index in [9.17, 15) is 9.59 Å². The van der Waals surface area contributed by atoms with E-state index in [0.29, 0.717) is 18.7 Å². The van der Waals surface area contributed by atoms with Crippen LogP contribution in [0.2, 0.25) is 0 Å². The molecule has 1 N–H and O–H groups in total. The van der Waals surface area contributed by atoms with Crippen LogP contribution in [0.15, 0.2) is 42.5 Å². The molecule has 1 aliphatic carbocycles. The molecule has 172 valence electrons. The van der Waals surface area contributed by atoms with Crippen molar-refractivity contribution in [3.8, 4) is 5.75 Å². The Labute approximate surface area is 192 Å². The van der Waals surface area contributed by atoms with Crippen LogP contribution in [0.1, 0.15) is 61.3 Å². The highest BCUT2D eigenvalue weighted by molar-refractivity contribution is 5.88. The van der Waals surface area contributed by atoms with Crippen molar-refractivity contribution in [2.75, 3.05) is 6.61 Å². The summed E-state index contributed by atoms with van der Waals surface area (Å²) in [6.45, 7) is 8.25. The molecule has 2 aromatic rings. The Morgan fingerprint density at radius 3 is 2.34 bits per heavy atom. The fraction of sp³-hybridized carbons (Fsp3) is 0.481. The minimum absolute atomic E-state index is 0.0633. The minimum Gasteiger partial charge on any atom is -0.483 e. The number of ether oxygens (including phenoxy) is 1. The molecule has 0 saturated heterocycles. The predicted molar refractivity (Wildman–Crippen MR) is 128 cm³/mol. The van der Waals surface area contributed by atoms with Gasteiger partial charge in [-0.05, 0) is 62.8 Å². The number of nitrogens with one attached hydrogen (secondary N) is 1. The molecule has 5 heteroatoms. The smallest absolute Gasteiger partial charge is 0.261 e. The Morgan fingerprint density at radius 2 is 1.69 bits per heavy atom. The van der Waals surface area contributed by atoms with Gasteiger partial charge in [0, 0.05) is 12.6 Å². The van der Waals surface area contributed by atoms with Crippen LogP contribution in [0, 0.1) is 20.8 Å². The van der Waals surface area contributed by atoms with Gasteiger partial charge in [-0.15, -0.1) is 0 Å². The molecule has 5 nitrogen and oxygen atoms in total. The number of amides is 2. The Hall–Kier alpha value is -2.82. The van der Waals surface area contributed by atoms with Crippen LogP contribution in [0.5, 0.6) is 5.75 Å². The number of hydrogen-bond acceptors (Lipinski definition) is 3. The topological polar surface area (TPSA) is 58.6 Å². The third-order valence-corrected chi connectivity index (χ3v) is 6.26. The number of rotatable bonds is 9. The van der Waals surface area contributed by atoms with E-state index in [4.69, 9.17) is 4.74 Å².